The maximum absolute atomic E-state index is 13.6. The van der Waals surface area contributed by atoms with Crippen LogP contribution in [0.4, 0.5) is 4.39 Å². The summed E-state index contributed by atoms with van der Waals surface area (Å²) in [4.78, 5) is 11.8. The van der Waals surface area contributed by atoms with Crippen LogP contribution in [-0.4, -0.2) is 24.8 Å². The largest absolute Gasteiger partial charge is 0.484 e. The average Bonchev–Trinajstić information content (AvgIpc) is 2.58. The van der Waals surface area contributed by atoms with Gasteiger partial charge in [-0.05, 0) is 49.2 Å². The van der Waals surface area contributed by atoms with Crippen LogP contribution in [0.15, 0.2) is 36.4 Å². The first kappa shape index (κ1) is 19.6. The molecule has 0 aliphatic rings. The van der Waals surface area contributed by atoms with Crippen molar-refractivity contribution in [3.63, 3.8) is 0 Å². The standard InChI is InChI=1S/C19H21ClFNO2S/c1-13-6-7-15(10-14(13)2)24-11-19(23)22-8-9-25-12-16-17(20)4-3-5-18(16)21/h3-7,10H,8-9,11-12H2,1-2H3,(H,22,23). The van der Waals surface area contributed by atoms with E-state index in [4.69, 9.17) is 16.3 Å². The fourth-order valence-electron chi connectivity index (χ4n) is 2.11. The predicted molar refractivity (Wildman–Crippen MR) is 102 cm³/mol. The Kier molecular flexibility index (Phi) is 7.59. The third-order valence-electron chi connectivity index (χ3n) is 3.72. The summed E-state index contributed by atoms with van der Waals surface area (Å²) in [6.07, 6.45) is 0. The van der Waals surface area contributed by atoms with Gasteiger partial charge in [0.15, 0.2) is 6.61 Å². The number of carbonyl (C=O) groups is 1. The van der Waals surface area contributed by atoms with E-state index in [1.54, 1.807) is 12.1 Å². The minimum absolute atomic E-state index is 0.0215. The van der Waals surface area contributed by atoms with Crippen LogP contribution in [0.1, 0.15) is 16.7 Å². The normalized spacial score (nSPS) is 10.6. The van der Waals surface area contributed by atoms with Gasteiger partial charge in [-0.3, -0.25) is 4.79 Å². The van der Waals surface area contributed by atoms with Crippen LogP contribution in [0.5, 0.6) is 5.75 Å². The number of benzene rings is 2. The van der Waals surface area contributed by atoms with Crippen molar-refractivity contribution >= 4 is 29.3 Å². The molecule has 2 aromatic carbocycles. The Morgan fingerprint density at radius 1 is 1.24 bits per heavy atom. The highest BCUT2D eigenvalue weighted by molar-refractivity contribution is 7.98. The van der Waals surface area contributed by atoms with Gasteiger partial charge in [-0.1, -0.05) is 23.7 Å². The molecule has 0 radical (unpaired) electrons. The zero-order chi connectivity index (χ0) is 18.2. The summed E-state index contributed by atoms with van der Waals surface area (Å²) in [7, 11) is 0. The molecule has 2 rings (SSSR count). The molecule has 3 nitrogen and oxygen atoms in total. The quantitative estimate of drug-likeness (QED) is 0.683. The number of carbonyl (C=O) groups excluding carboxylic acids is 1. The Morgan fingerprint density at radius 3 is 2.76 bits per heavy atom. The number of hydrogen-bond donors (Lipinski definition) is 1. The number of ether oxygens (including phenoxy) is 1. The Balaban J connectivity index is 1.64. The number of rotatable bonds is 8. The molecule has 0 unspecified atom stereocenters. The molecule has 134 valence electrons. The first-order chi connectivity index (χ1) is 12.0. The molecule has 1 amide bonds. The van der Waals surface area contributed by atoms with Crippen molar-refractivity contribution in [2.45, 2.75) is 19.6 Å². The van der Waals surface area contributed by atoms with E-state index in [0.717, 1.165) is 5.56 Å². The fraction of sp³-hybridized carbons (Fsp3) is 0.316. The molecule has 0 aliphatic heterocycles. The van der Waals surface area contributed by atoms with Crippen molar-refractivity contribution in [1.29, 1.82) is 0 Å². The Hall–Kier alpha value is -1.72. The van der Waals surface area contributed by atoms with Crippen LogP contribution in [-0.2, 0) is 10.5 Å². The van der Waals surface area contributed by atoms with Crippen LogP contribution in [0.25, 0.3) is 0 Å². The lowest BCUT2D eigenvalue weighted by Gasteiger charge is -2.09. The Bertz CT molecular complexity index is 719. The minimum atomic E-state index is -0.300. The van der Waals surface area contributed by atoms with E-state index in [0.29, 0.717) is 34.4 Å². The summed E-state index contributed by atoms with van der Waals surface area (Å²) < 4.78 is 19.1. The highest BCUT2D eigenvalue weighted by Gasteiger charge is 2.07. The second-order valence-corrected chi connectivity index (χ2v) is 7.15. The molecule has 25 heavy (non-hydrogen) atoms. The van der Waals surface area contributed by atoms with Crippen LogP contribution < -0.4 is 10.1 Å². The molecule has 0 aliphatic carbocycles. The number of thioether (sulfide) groups is 1. The minimum Gasteiger partial charge on any atom is -0.484 e. The second kappa shape index (κ2) is 9.68. The monoisotopic (exact) mass is 381 g/mol. The first-order valence-electron chi connectivity index (χ1n) is 7.94. The Labute approximate surface area is 156 Å². The van der Waals surface area contributed by atoms with Crippen molar-refractivity contribution in [3.05, 3.63) is 63.9 Å². The molecule has 0 saturated carbocycles. The van der Waals surface area contributed by atoms with Gasteiger partial charge in [-0.15, -0.1) is 0 Å². The van der Waals surface area contributed by atoms with Gasteiger partial charge in [0.1, 0.15) is 11.6 Å². The lowest BCUT2D eigenvalue weighted by Crippen LogP contribution is -2.30. The van der Waals surface area contributed by atoms with E-state index in [1.165, 1.54) is 23.4 Å². The van der Waals surface area contributed by atoms with Gasteiger partial charge in [-0.25, -0.2) is 4.39 Å². The predicted octanol–water partition coefficient (Wildman–Crippen LogP) is 4.52. The van der Waals surface area contributed by atoms with E-state index in [2.05, 4.69) is 5.32 Å². The number of hydrogen-bond acceptors (Lipinski definition) is 3. The SMILES string of the molecule is Cc1ccc(OCC(=O)NCCSCc2c(F)cccc2Cl)cc1C. The lowest BCUT2D eigenvalue weighted by atomic mass is 10.1. The summed E-state index contributed by atoms with van der Waals surface area (Å²) >= 11 is 7.49. The number of aryl methyl sites for hydroxylation is 2. The third-order valence-corrected chi connectivity index (χ3v) is 5.06. The molecule has 6 heteroatoms. The average molecular weight is 382 g/mol. The van der Waals surface area contributed by atoms with E-state index in [-0.39, 0.29) is 18.3 Å². The zero-order valence-electron chi connectivity index (χ0n) is 14.3. The summed E-state index contributed by atoms with van der Waals surface area (Å²) in [5.74, 6) is 1.34. The second-order valence-electron chi connectivity index (χ2n) is 5.64. The van der Waals surface area contributed by atoms with Gasteiger partial charge in [-0.2, -0.15) is 11.8 Å². The highest BCUT2D eigenvalue weighted by Crippen LogP contribution is 2.23. The van der Waals surface area contributed by atoms with Crippen molar-refractivity contribution in [2.24, 2.45) is 0 Å². The lowest BCUT2D eigenvalue weighted by molar-refractivity contribution is -0.122. The van der Waals surface area contributed by atoms with Crippen LogP contribution in [0.3, 0.4) is 0 Å². The molecule has 0 fully saturated rings. The maximum atomic E-state index is 13.6. The van der Waals surface area contributed by atoms with Crippen molar-refractivity contribution < 1.29 is 13.9 Å². The van der Waals surface area contributed by atoms with Crippen LogP contribution in [0, 0.1) is 19.7 Å². The van der Waals surface area contributed by atoms with Gasteiger partial charge in [0.25, 0.3) is 5.91 Å². The first-order valence-corrected chi connectivity index (χ1v) is 9.48. The molecule has 0 spiro atoms. The molecule has 0 saturated heterocycles. The summed E-state index contributed by atoms with van der Waals surface area (Å²) in [6, 6.07) is 10.4. The molecule has 0 aromatic heterocycles. The molecular weight excluding hydrogens is 361 g/mol. The molecule has 1 N–H and O–H groups in total. The summed E-state index contributed by atoms with van der Waals surface area (Å²) in [5.41, 5.74) is 2.81. The van der Waals surface area contributed by atoms with Gasteiger partial charge >= 0.3 is 0 Å². The van der Waals surface area contributed by atoms with Gasteiger partial charge in [0.05, 0.1) is 0 Å². The number of amides is 1. The summed E-state index contributed by atoms with van der Waals surface area (Å²) in [6.45, 7) is 4.50. The zero-order valence-corrected chi connectivity index (χ0v) is 15.8. The van der Waals surface area contributed by atoms with Gasteiger partial charge < -0.3 is 10.1 Å². The van der Waals surface area contributed by atoms with E-state index in [1.807, 2.05) is 32.0 Å². The fourth-order valence-corrected chi connectivity index (χ4v) is 3.31. The molecule has 0 bridgehead atoms. The van der Waals surface area contributed by atoms with Crippen molar-refractivity contribution in [3.8, 4) is 5.75 Å². The summed E-state index contributed by atoms with van der Waals surface area (Å²) in [5, 5.41) is 3.21. The van der Waals surface area contributed by atoms with Gasteiger partial charge in [0.2, 0.25) is 0 Å². The Morgan fingerprint density at radius 2 is 2.04 bits per heavy atom. The third kappa shape index (κ3) is 6.25. The number of halogens is 2. The maximum Gasteiger partial charge on any atom is 0.257 e. The van der Waals surface area contributed by atoms with Crippen LogP contribution >= 0.6 is 23.4 Å². The smallest absolute Gasteiger partial charge is 0.257 e. The number of nitrogens with one attached hydrogen (secondary N) is 1. The molecule has 0 heterocycles. The molecule has 2 aromatic rings. The topological polar surface area (TPSA) is 38.3 Å². The van der Waals surface area contributed by atoms with E-state index < -0.39 is 0 Å². The van der Waals surface area contributed by atoms with Crippen LogP contribution in [0.2, 0.25) is 5.02 Å². The van der Waals surface area contributed by atoms with E-state index >= 15 is 0 Å². The van der Waals surface area contributed by atoms with Crippen molar-refractivity contribution in [2.75, 3.05) is 18.9 Å². The van der Waals surface area contributed by atoms with Crippen molar-refractivity contribution in [1.82, 2.24) is 5.32 Å². The van der Waals surface area contributed by atoms with E-state index in [9.17, 15) is 9.18 Å². The molecular formula is C19H21ClFNO2S. The highest BCUT2D eigenvalue weighted by atomic mass is 35.5. The molecule has 0 atom stereocenters. The van der Waals surface area contributed by atoms with Gasteiger partial charge in [0, 0.05) is 28.6 Å².